The van der Waals surface area contributed by atoms with Gasteiger partial charge in [-0.05, 0) is 20.8 Å². The van der Waals surface area contributed by atoms with Gasteiger partial charge in [0.2, 0.25) is 0 Å². The Morgan fingerprint density at radius 1 is 1.33 bits per heavy atom. The lowest BCUT2D eigenvalue weighted by Gasteiger charge is -2.24. The first kappa shape index (κ1) is 11.7. The SMILES string of the molecule is C/C=C\C=C1\C(N(C)C)=NC(C)=NC1C. The summed E-state index contributed by atoms with van der Waals surface area (Å²) in [5.41, 5.74) is 1.17. The van der Waals surface area contributed by atoms with Gasteiger partial charge in [0, 0.05) is 19.7 Å². The summed E-state index contributed by atoms with van der Waals surface area (Å²) in [6.45, 7) is 6.04. The fourth-order valence-corrected chi connectivity index (χ4v) is 1.56. The van der Waals surface area contributed by atoms with Crippen molar-refractivity contribution in [3.05, 3.63) is 23.8 Å². The molecule has 1 aliphatic heterocycles. The van der Waals surface area contributed by atoms with Gasteiger partial charge in [0.25, 0.3) is 0 Å². The molecule has 0 spiro atoms. The highest BCUT2D eigenvalue weighted by Crippen LogP contribution is 2.16. The highest BCUT2D eigenvalue weighted by molar-refractivity contribution is 6.08. The molecule has 0 saturated carbocycles. The zero-order valence-electron chi connectivity index (χ0n) is 10.2. The minimum absolute atomic E-state index is 0.191. The Bertz CT molecular complexity index is 346. The minimum atomic E-state index is 0.191. The van der Waals surface area contributed by atoms with Gasteiger partial charge >= 0.3 is 0 Å². The molecule has 0 saturated heterocycles. The second-order valence-electron chi connectivity index (χ2n) is 3.83. The maximum Gasteiger partial charge on any atom is 0.135 e. The number of rotatable bonds is 1. The van der Waals surface area contributed by atoms with Crippen LogP contribution in [0.1, 0.15) is 20.8 Å². The predicted molar refractivity (Wildman–Crippen MR) is 66.6 cm³/mol. The molecular formula is C12H19N3. The van der Waals surface area contributed by atoms with Crippen LogP contribution in [0.5, 0.6) is 0 Å². The van der Waals surface area contributed by atoms with Gasteiger partial charge in [0.15, 0.2) is 0 Å². The second kappa shape index (κ2) is 4.91. The van der Waals surface area contributed by atoms with Crippen LogP contribution in [0.25, 0.3) is 0 Å². The Morgan fingerprint density at radius 2 is 2.00 bits per heavy atom. The molecule has 0 aliphatic carbocycles. The van der Waals surface area contributed by atoms with Crippen molar-refractivity contribution in [3.8, 4) is 0 Å². The van der Waals surface area contributed by atoms with Crippen molar-refractivity contribution in [1.29, 1.82) is 0 Å². The van der Waals surface area contributed by atoms with E-state index in [4.69, 9.17) is 0 Å². The Balaban J connectivity index is 3.10. The van der Waals surface area contributed by atoms with Crippen molar-refractivity contribution in [2.45, 2.75) is 26.8 Å². The van der Waals surface area contributed by atoms with E-state index in [1.54, 1.807) is 0 Å². The van der Waals surface area contributed by atoms with Crippen LogP contribution < -0.4 is 0 Å². The smallest absolute Gasteiger partial charge is 0.135 e. The molecule has 1 rings (SSSR count). The zero-order valence-corrected chi connectivity index (χ0v) is 10.2. The van der Waals surface area contributed by atoms with Crippen LogP contribution in [0.15, 0.2) is 33.8 Å². The van der Waals surface area contributed by atoms with E-state index < -0.39 is 0 Å². The summed E-state index contributed by atoms with van der Waals surface area (Å²) >= 11 is 0. The van der Waals surface area contributed by atoms with Gasteiger partial charge in [-0.25, -0.2) is 4.99 Å². The predicted octanol–water partition coefficient (Wildman–Crippen LogP) is 2.27. The van der Waals surface area contributed by atoms with E-state index in [0.717, 1.165) is 11.7 Å². The summed E-state index contributed by atoms with van der Waals surface area (Å²) in [6, 6.07) is 0.191. The fourth-order valence-electron chi connectivity index (χ4n) is 1.56. The van der Waals surface area contributed by atoms with Crippen LogP contribution in [0, 0.1) is 0 Å². The lowest BCUT2D eigenvalue weighted by atomic mass is 10.1. The second-order valence-corrected chi connectivity index (χ2v) is 3.83. The number of allylic oxidation sites excluding steroid dienone is 3. The summed E-state index contributed by atoms with van der Waals surface area (Å²) in [5.74, 6) is 1.86. The van der Waals surface area contributed by atoms with Gasteiger partial charge in [-0.1, -0.05) is 18.2 Å². The summed E-state index contributed by atoms with van der Waals surface area (Å²) in [4.78, 5) is 10.9. The molecule has 0 N–H and O–H groups in total. The van der Waals surface area contributed by atoms with Crippen LogP contribution in [0.2, 0.25) is 0 Å². The number of likely N-dealkylation sites (N-methyl/N-ethyl adjacent to an activating group) is 1. The molecular weight excluding hydrogens is 186 g/mol. The van der Waals surface area contributed by atoms with Crippen LogP contribution >= 0.6 is 0 Å². The Labute approximate surface area is 91.9 Å². The Kier molecular flexibility index (Phi) is 3.83. The third kappa shape index (κ3) is 2.78. The maximum absolute atomic E-state index is 4.46. The van der Waals surface area contributed by atoms with Crippen molar-refractivity contribution in [3.63, 3.8) is 0 Å². The van der Waals surface area contributed by atoms with E-state index in [1.807, 2.05) is 45.0 Å². The zero-order chi connectivity index (χ0) is 11.4. The third-order valence-electron chi connectivity index (χ3n) is 2.25. The Morgan fingerprint density at radius 3 is 2.53 bits per heavy atom. The van der Waals surface area contributed by atoms with Crippen LogP contribution in [0.3, 0.4) is 0 Å². The van der Waals surface area contributed by atoms with Gasteiger partial charge in [-0.2, -0.15) is 0 Å². The van der Waals surface area contributed by atoms with E-state index in [-0.39, 0.29) is 6.04 Å². The van der Waals surface area contributed by atoms with E-state index >= 15 is 0 Å². The molecule has 1 unspecified atom stereocenters. The standard InChI is InChI=1S/C12H19N3/c1-6-7-8-11-9(2)13-10(3)14-12(11)15(4)5/h6-9H,1-5H3/b7-6-,11-8+. The molecule has 0 radical (unpaired) electrons. The molecule has 1 atom stereocenters. The molecule has 1 heterocycles. The Hall–Kier alpha value is -1.38. The van der Waals surface area contributed by atoms with Crippen LogP contribution in [0.4, 0.5) is 0 Å². The van der Waals surface area contributed by atoms with Crippen molar-refractivity contribution in [2.24, 2.45) is 9.98 Å². The molecule has 0 amide bonds. The molecule has 1 aliphatic rings. The third-order valence-corrected chi connectivity index (χ3v) is 2.25. The molecule has 0 aromatic carbocycles. The maximum atomic E-state index is 4.46. The van der Waals surface area contributed by atoms with E-state index in [1.165, 1.54) is 5.57 Å². The first-order chi connectivity index (χ1) is 7.06. The van der Waals surface area contributed by atoms with Crippen molar-refractivity contribution in [1.82, 2.24) is 4.90 Å². The van der Waals surface area contributed by atoms with Crippen molar-refractivity contribution >= 4 is 11.7 Å². The topological polar surface area (TPSA) is 28.0 Å². The first-order valence-electron chi connectivity index (χ1n) is 5.20. The van der Waals surface area contributed by atoms with Gasteiger partial charge in [0.05, 0.1) is 6.04 Å². The first-order valence-corrected chi connectivity index (χ1v) is 5.20. The van der Waals surface area contributed by atoms with Gasteiger partial charge in [-0.3, -0.25) is 4.99 Å². The van der Waals surface area contributed by atoms with Gasteiger partial charge in [-0.15, -0.1) is 0 Å². The summed E-state index contributed by atoms with van der Waals surface area (Å²) in [5, 5.41) is 0. The van der Waals surface area contributed by atoms with E-state index in [2.05, 4.69) is 23.0 Å². The monoisotopic (exact) mass is 205 g/mol. The lowest BCUT2D eigenvalue weighted by Crippen LogP contribution is -2.31. The molecule has 0 aromatic rings. The van der Waals surface area contributed by atoms with Crippen molar-refractivity contribution < 1.29 is 0 Å². The summed E-state index contributed by atoms with van der Waals surface area (Å²) in [6.07, 6.45) is 6.12. The minimum Gasteiger partial charge on any atom is -0.362 e. The molecule has 3 heteroatoms. The normalized spacial score (nSPS) is 24.3. The molecule has 0 fully saturated rings. The largest absolute Gasteiger partial charge is 0.362 e. The summed E-state index contributed by atoms with van der Waals surface area (Å²) in [7, 11) is 4.02. The molecule has 0 bridgehead atoms. The average Bonchev–Trinajstić information content (AvgIpc) is 2.15. The average molecular weight is 205 g/mol. The molecule has 82 valence electrons. The van der Waals surface area contributed by atoms with Crippen molar-refractivity contribution in [2.75, 3.05) is 14.1 Å². The molecule has 0 aromatic heterocycles. The molecule has 3 nitrogen and oxygen atoms in total. The quantitative estimate of drug-likeness (QED) is 0.645. The fraction of sp³-hybridized carbons (Fsp3) is 0.500. The van der Waals surface area contributed by atoms with Gasteiger partial charge in [0.1, 0.15) is 11.7 Å². The number of hydrogen-bond acceptors (Lipinski definition) is 3. The number of hydrogen-bond donors (Lipinski definition) is 0. The highest BCUT2D eigenvalue weighted by Gasteiger charge is 2.19. The molecule has 15 heavy (non-hydrogen) atoms. The van der Waals surface area contributed by atoms with E-state index in [9.17, 15) is 0 Å². The number of aliphatic imine (C=N–C) groups is 2. The number of nitrogens with zero attached hydrogens (tertiary/aromatic N) is 3. The van der Waals surface area contributed by atoms with Gasteiger partial charge < -0.3 is 4.90 Å². The highest BCUT2D eigenvalue weighted by atomic mass is 15.2. The van der Waals surface area contributed by atoms with Crippen LogP contribution in [-0.4, -0.2) is 36.7 Å². The number of amidine groups is 2. The van der Waals surface area contributed by atoms with E-state index in [0.29, 0.717) is 0 Å². The van der Waals surface area contributed by atoms with Crippen LogP contribution in [-0.2, 0) is 0 Å². The summed E-state index contributed by atoms with van der Waals surface area (Å²) < 4.78 is 0. The lowest BCUT2D eigenvalue weighted by molar-refractivity contribution is 0.613.